The van der Waals surface area contributed by atoms with Crippen LogP contribution in [0.2, 0.25) is 5.02 Å². The van der Waals surface area contributed by atoms with Crippen molar-refractivity contribution in [1.82, 2.24) is 25.0 Å². The summed E-state index contributed by atoms with van der Waals surface area (Å²) in [6.07, 6.45) is 3.76. The number of piperidine rings is 1. The molecule has 0 radical (unpaired) electrons. The molecule has 2 aromatic carbocycles. The number of benzene rings is 2. The van der Waals surface area contributed by atoms with Gasteiger partial charge in [-0.05, 0) is 55.8 Å². The molecule has 1 aliphatic rings. The van der Waals surface area contributed by atoms with E-state index in [9.17, 15) is 4.79 Å². The molecular weight excluding hydrogens is 430 g/mol. The minimum atomic E-state index is -0.0415. The molecule has 0 unspecified atom stereocenters. The molecule has 1 aliphatic heterocycles. The first kappa shape index (κ1) is 21.9. The number of aromatic nitrogens is 3. The number of amides is 1. The first-order valence-electron chi connectivity index (χ1n) is 10.5. The van der Waals surface area contributed by atoms with Gasteiger partial charge < -0.3 is 5.32 Å². The van der Waals surface area contributed by atoms with Gasteiger partial charge in [-0.3, -0.25) is 14.3 Å². The van der Waals surface area contributed by atoms with Crippen LogP contribution in [0.25, 0.3) is 5.69 Å². The molecule has 0 bridgehead atoms. The van der Waals surface area contributed by atoms with Crippen molar-refractivity contribution in [2.24, 2.45) is 0 Å². The fourth-order valence-electron chi connectivity index (χ4n) is 3.63. The topological polar surface area (TPSA) is 63.1 Å². The summed E-state index contributed by atoms with van der Waals surface area (Å²) >= 11 is 7.32. The van der Waals surface area contributed by atoms with Gasteiger partial charge in [0.2, 0.25) is 5.91 Å². The van der Waals surface area contributed by atoms with E-state index in [0.29, 0.717) is 11.6 Å². The third-order valence-corrected chi connectivity index (χ3v) is 6.44. The highest BCUT2D eigenvalue weighted by Gasteiger charge is 2.19. The highest BCUT2D eigenvalue weighted by molar-refractivity contribution is 7.99. The molecule has 4 rings (SSSR count). The van der Waals surface area contributed by atoms with Gasteiger partial charge in [0, 0.05) is 17.3 Å². The molecule has 3 aromatic rings. The Bertz CT molecular complexity index is 987. The Morgan fingerprint density at radius 2 is 1.74 bits per heavy atom. The van der Waals surface area contributed by atoms with Gasteiger partial charge in [0.1, 0.15) is 0 Å². The van der Waals surface area contributed by atoms with Crippen molar-refractivity contribution in [1.29, 1.82) is 0 Å². The number of nitrogens with one attached hydrogen (secondary N) is 1. The number of halogens is 1. The summed E-state index contributed by atoms with van der Waals surface area (Å²) in [5.74, 6) is 1.15. The third kappa shape index (κ3) is 6.09. The van der Waals surface area contributed by atoms with Crippen molar-refractivity contribution in [3.8, 4) is 5.69 Å². The average Bonchev–Trinajstić information content (AvgIpc) is 3.21. The van der Waals surface area contributed by atoms with Crippen LogP contribution in [0, 0.1) is 0 Å². The van der Waals surface area contributed by atoms with Gasteiger partial charge in [0.15, 0.2) is 11.0 Å². The van der Waals surface area contributed by atoms with Crippen LogP contribution >= 0.6 is 23.4 Å². The lowest BCUT2D eigenvalue weighted by atomic mass is 10.1. The fraction of sp³-hybridized carbons (Fsp3) is 0.348. The molecule has 6 nitrogen and oxygen atoms in total. The predicted molar refractivity (Wildman–Crippen MR) is 125 cm³/mol. The zero-order valence-corrected chi connectivity index (χ0v) is 18.9. The first-order chi connectivity index (χ1) is 15.2. The molecular formula is C23H26ClN5OS. The second kappa shape index (κ2) is 10.8. The summed E-state index contributed by atoms with van der Waals surface area (Å²) < 4.78 is 2.08. The maximum Gasteiger partial charge on any atom is 0.230 e. The Kier molecular flexibility index (Phi) is 7.61. The highest BCUT2D eigenvalue weighted by atomic mass is 35.5. The van der Waals surface area contributed by atoms with Gasteiger partial charge in [-0.1, -0.05) is 60.1 Å². The summed E-state index contributed by atoms with van der Waals surface area (Å²) in [5.41, 5.74) is 2.03. The van der Waals surface area contributed by atoms with E-state index in [2.05, 4.69) is 25.0 Å². The Morgan fingerprint density at radius 1 is 1.00 bits per heavy atom. The summed E-state index contributed by atoms with van der Waals surface area (Å²) in [6, 6.07) is 17.6. The van der Waals surface area contributed by atoms with Crippen molar-refractivity contribution in [3.05, 3.63) is 71.0 Å². The zero-order valence-electron chi connectivity index (χ0n) is 17.3. The van der Waals surface area contributed by atoms with Crippen LogP contribution in [-0.2, 0) is 17.9 Å². The number of carbonyl (C=O) groups excluding carboxylic acids is 1. The summed E-state index contributed by atoms with van der Waals surface area (Å²) in [4.78, 5) is 14.8. The molecule has 2 heterocycles. The van der Waals surface area contributed by atoms with Crippen LogP contribution in [0.3, 0.4) is 0 Å². The second-order valence-corrected chi connectivity index (χ2v) is 8.98. The van der Waals surface area contributed by atoms with Gasteiger partial charge >= 0.3 is 0 Å². The molecule has 0 atom stereocenters. The van der Waals surface area contributed by atoms with Crippen LogP contribution in [0.4, 0.5) is 0 Å². The lowest BCUT2D eigenvalue weighted by Gasteiger charge is -2.26. The van der Waals surface area contributed by atoms with E-state index >= 15 is 0 Å². The van der Waals surface area contributed by atoms with Crippen LogP contribution in [-0.4, -0.2) is 44.4 Å². The molecule has 162 valence electrons. The third-order valence-electron chi connectivity index (χ3n) is 5.26. The zero-order chi connectivity index (χ0) is 21.5. The highest BCUT2D eigenvalue weighted by Crippen LogP contribution is 2.23. The molecule has 1 saturated heterocycles. The van der Waals surface area contributed by atoms with E-state index < -0.39 is 0 Å². The van der Waals surface area contributed by atoms with Crippen LogP contribution < -0.4 is 5.32 Å². The molecule has 0 spiro atoms. The Hall–Kier alpha value is -2.35. The Morgan fingerprint density at radius 3 is 2.48 bits per heavy atom. The van der Waals surface area contributed by atoms with Gasteiger partial charge in [-0.15, -0.1) is 10.2 Å². The number of hydrogen-bond donors (Lipinski definition) is 1. The van der Waals surface area contributed by atoms with Crippen molar-refractivity contribution >= 4 is 29.3 Å². The molecule has 0 aliphatic carbocycles. The summed E-state index contributed by atoms with van der Waals surface area (Å²) in [7, 11) is 0. The lowest BCUT2D eigenvalue weighted by Crippen LogP contribution is -2.30. The molecule has 0 saturated carbocycles. The normalized spacial score (nSPS) is 14.5. The van der Waals surface area contributed by atoms with Crippen molar-refractivity contribution in [2.75, 3.05) is 18.8 Å². The van der Waals surface area contributed by atoms with Crippen molar-refractivity contribution < 1.29 is 4.79 Å². The van der Waals surface area contributed by atoms with Crippen molar-refractivity contribution in [2.45, 2.75) is 37.5 Å². The number of hydrogen-bond acceptors (Lipinski definition) is 5. The van der Waals surface area contributed by atoms with E-state index in [1.807, 2.05) is 54.6 Å². The number of rotatable bonds is 8. The maximum atomic E-state index is 12.4. The number of thioether (sulfide) groups is 1. The number of carbonyl (C=O) groups is 1. The largest absolute Gasteiger partial charge is 0.351 e. The number of likely N-dealkylation sites (tertiary alicyclic amines) is 1. The van der Waals surface area contributed by atoms with Crippen LogP contribution in [0.5, 0.6) is 0 Å². The SMILES string of the molecule is O=C(CSc1nnc(CN2CCCCC2)n1-c1ccccc1)NCc1ccc(Cl)cc1. The minimum absolute atomic E-state index is 0.0415. The predicted octanol–water partition coefficient (Wildman–Crippen LogP) is 4.32. The van der Waals surface area contributed by atoms with E-state index in [4.69, 9.17) is 11.6 Å². The van der Waals surface area contributed by atoms with E-state index in [0.717, 1.165) is 41.9 Å². The number of para-hydroxylation sites is 1. The maximum absolute atomic E-state index is 12.4. The fourth-order valence-corrected chi connectivity index (χ4v) is 4.56. The van der Waals surface area contributed by atoms with E-state index in [-0.39, 0.29) is 11.7 Å². The molecule has 1 aromatic heterocycles. The number of nitrogens with zero attached hydrogens (tertiary/aromatic N) is 4. The van der Waals surface area contributed by atoms with Gasteiger partial charge in [-0.2, -0.15) is 0 Å². The second-order valence-electron chi connectivity index (χ2n) is 7.60. The Labute approximate surface area is 192 Å². The quantitative estimate of drug-likeness (QED) is 0.512. The van der Waals surface area contributed by atoms with Gasteiger partial charge in [0.25, 0.3) is 0 Å². The van der Waals surface area contributed by atoms with Crippen LogP contribution in [0.1, 0.15) is 30.7 Å². The monoisotopic (exact) mass is 455 g/mol. The van der Waals surface area contributed by atoms with Crippen molar-refractivity contribution in [3.63, 3.8) is 0 Å². The molecule has 1 fully saturated rings. The smallest absolute Gasteiger partial charge is 0.230 e. The van der Waals surface area contributed by atoms with E-state index in [1.165, 1.54) is 31.0 Å². The molecule has 1 N–H and O–H groups in total. The van der Waals surface area contributed by atoms with Gasteiger partial charge in [0.05, 0.1) is 12.3 Å². The average molecular weight is 456 g/mol. The van der Waals surface area contributed by atoms with Gasteiger partial charge in [-0.25, -0.2) is 0 Å². The molecule has 31 heavy (non-hydrogen) atoms. The Balaban J connectivity index is 1.42. The standard InChI is InChI=1S/C23H26ClN5OS/c24-19-11-9-18(10-12-19)15-25-22(30)17-31-23-27-26-21(16-28-13-5-2-6-14-28)29(23)20-7-3-1-4-8-20/h1,3-4,7-12H,2,5-6,13-17H2,(H,25,30). The molecule has 8 heteroatoms. The first-order valence-corrected chi connectivity index (χ1v) is 11.9. The van der Waals surface area contributed by atoms with Crippen LogP contribution in [0.15, 0.2) is 59.8 Å². The van der Waals surface area contributed by atoms with E-state index in [1.54, 1.807) is 0 Å². The summed E-state index contributed by atoms with van der Waals surface area (Å²) in [6.45, 7) is 3.43. The molecule has 1 amide bonds. The lowest BCUT2D eigenvalue weighted by molar-refractivity contribution is -0.118. The summed E-state index contributed by atoms with van der Waals surface area (Å²) in [5, 5.41) is 13.3. The minimum Gasteiger partial charge on any atom is -0.351 e.